The van der Waals surface area contributed by atoms with E-state index in [-0.39, 0.29) is 34.7 Å². The first-order valence-corrected chi connectivity index (χ1v) is 6.78. The standard InChI is InChI=1S/C16H14O7/c1-22-11-4-7(2-3-9(11)18)16-15(21)14(20)13-10(19)5-8(17)6-12(13)23-16/h2,4-6,9,17-19,21H,3H2,1H3. The lowest BCUT2D eigenvalue weighted by Gasteiger charge is -2.18. The van der Waals surface area contributed by atoms with Crippen molar-refractivity contribution in [2.24, 2.45) is 0 Å². The molecule has 4 N–H and O–H groups in total. The molecule has 120 valence electrons. The molecule has 23 heavy (non-hydrogen) atoms. The SMILES string of the molecule is COC1=CC(c2oc3cc(O)cc(O)c3c(=O)c2O)=CCC1O. The first-order valence-electron chi connectivity index (χ1n) is 6.78. The number of hydrogen-bond acceptors (Lipinski definition) is 7. The van der Waals surface area contributed by atoms with Crippen LogP contribution in [0.25, 0.3) is 16.5 Å². The van der Waals surface area contributed by atoms with E-state index in [0.717, 1.165) is 6.07 Å². The largest absolute Gasteiger partial charge is 0.508 e. The molecule has 0 radical (unpaired) electrons. The van der Waals surface area contributed by atoms with E-state index < -0.39 is 23.0 Å². The van der Waals surface area contributed by atoms with Crippen LogP contribution in [0.4, 0.5) is 0 Å². The van der Waals surface area contributed by atoms with Crippen LogP contribution in [0, 0.1) is 0 Å². The summed E-state index contributed by atoms with van der Waals surface area (Å²) in [4.78, 5) is 12.3. The smallest absolute Gasteiger partial charge is 0.238 e. The number of aromatic hydroxyl groups is 3. The average molecular weight is 318 g/mol. The molecule has 0 saturated heterocycles. The van der Waals surface area contributed by atoms with Crippen molar-refractivity contribution in [1.29, 1.82) is 0 Å². The Hall–Kier alpha value is -2.93. The zero-order valence-electron chi connectivity index (χ0n) is 12.1. The second-order valence-electron chi connectivity index (χ2n) is 5.11. The Bertz CT molecular complexity index is 905. The minimum atomic E-state index is -0.821. The van der Waals surface area contributed by atoms with Crippen LogP contribution in [-0.4, -0.2) is 33.6 Å². The number of hydrogen-bond donors (Lipinski definition) is 4. The summed E-state index contributed by atoms with van der Waals surface area (Å²) < 4.78 is 10.5. The van der Waals surface area contributed by atoms with Crippen molar-refractivity contribution >= 4 is 16.5 Å². The minimum absolute atomic E-state index is 0.0697. The van der Waals surface area contributed by atoms with Gasteiger partial charge in [-0.1, -0.05) is 6.08 Å². The van der Waals surface area contributed by atoms with Gasteiger partial charge in [0.1, 0.15) is 34.3 Å². The minimum Gasteiger partial charge on any atom is -0.508 e. The second kappa shape index (κ2) is 5.36. The van der Waals surface area contributed by atoms with Gasteiger partial charge in [-0.05, 0) is 12.5 Å². The molecule has 1 aliphatic carbocycles. The first-order chi connectivity index (χ1) is 10.9. The number of aliphatic hydroxyl groups is 1. The maximum absolute atomic E-state index is 12.3. The summed E-state index contributed by atoms with van der Waals surface area (Å²) in [5.74, 6) is -1.31. The fourth-order valence-electron chi connectivity index (χ4n) is 2.49. The lowest BCUT2D eigenvalue weighted by atomic mass is 10.00. The van der Waals surface area contributed by atoms with Crippen LogP contribution >= 0.6 is 0 Å². The molecular weight excluding hydrogens is 304 g/mol. The van der Waals surface area contributed by atoms with Crippen LogP contribution < -0.4 is 5.43 Å². The molecule has 0 fully saturated rings. The highest BCUT2D eigenvalue weighted by Gasteiger charge is 2.23. The van der Waals surface area contributed by atoms with Crippen molar-refractivity contribution in [3.8, 4) is 17.2 Å². The summed E-state index contributed by atoms with van der Waals surface area (Å²) in [5.41, 5.74) is -0.538. The van der Waals surface area contributed by atoms with E-state index >= 15 is 0 Å². The van der Waals surface area contributed by atoms with Gasteiger partial charge in [0.2, 0.25) is 11.2 Å². The Morgan fingerprint density at radius 1 is 1.26 bits per heavy atom. The first kappa shape index (κ1) is 15.0. The average Bonchev–Trinajstić information content (AvgIpc) is 2.50. The van der Waals surface area contributed by atoms with Crippen molar-refractivity contribution in [3.05, 3.63) is 46.0 Å². The van der Waals surface area contributed by atoms with Crippen LogP contribution in [0.3, 0.4) is 0 Å². The van der Waals surface area contributed by atoms with Gasteiger partial charge >= 0.3 is 0 Å². The number of aliphatic hydroxyl groups excluding tert-OH is 1. The summed E-state index contributed by atoms with van der Waals surface area (Å²) in [6.45, 7) is 0. The second-order valence-corrected chi connectivity index (χ2v) is 5.11. The predicted octanol–water partition coefficient (Wildman–Crippen LogP) is 1.59. The molecule has 0 amide bonds. The molecule has 7 heteroatoms. The van der Waals surface area contributed by atoms with E-state index in [4.69, 9.17) is 9.15 Å². The van der Waals surface area contributed by atoms with Crippen LogP contribution in [0.2, 0.25) is 0 Å². The molecule has 1 aromatic heterocycles. The maximum Gasteiger partial charge on any atom is 0.238 e. The molecular formula is C16H14O7. The van der Waals surface area contributed by atoms with Crippen LogP contribution in [0.1, 0.15) is 12.2 Å². The van der Waals surface area contributed by atoms with Crippen LogP contribution in [0.15, 0.2) is 39.3 Å². The molecule has 1 aromatic carbocycles. The molecule has 7 nitrogen and oxygen atoms in total. The van der Waals surface area contributed by atoms with E-state index in [1.165, 1.54) is 19.3 Å². The van der Waals surface area contributed by atoms with E-state index in [1.807, 2.05) is 0 Å². The van der Waals surface area contributed by atoms with Gasteiger partial charge in [-0.15, -0.1) is 0 Å². The van der Waals surface area contributed by atoms with Gasteiger partial charge in [-0.25, -0.2) is 0 Å². The number of benzene rings is 1. The molecule has 0 saturated carbocycles. The number of ether oxygens (including phenoxy) is 1. The summed E-state index contributed by atoms with van der Waals surface area (Å²) in [5, 5.41) is 38.9. The van der Waals surface area contributed by atoms with Crippen molar-refractivity contribution in [1.82, 2.24) is 0 Å². The summed E-state index contributed by atoms with van der Waals surface area (Å²) in [6, 6.07) is 2.15. The molecule has 0 bridgehead atoms. The Morgan fingerprint density at radius 3 is 2.70 bits per heavy atom. The number of rotatable bonds is 2. The van der Waals surface area contributed by atoms with Crippen molar-refractivity contribution in [2.75, 3.05) is 7.11 Å². The van der Waals surface area contributed by atoms with E-state index in [2.05, 4.69) is 0 Å². The molecule has 3 rings (SSSR count). The summed E-state index contributed by atoms with van der Waals surface area (Å²) in [6.07, 6.45) is 2.44. The number of fused-ring (bicyclic) bond motifs is 1. The summed E-state index contributed by atoms with van der Waals surface area (Å²) in [7, 11) is 1.39. The van der Waals surface area contributed by atoms with Gasteiger partial charge in [0.25, 0.3) is 0 Å². The van der Waals surface area contributed by atoms with E-state index in [0.29, 0.717) is 5.57 Å². The van der Waals surface area contributed by atoms with E-state index in [1.54, 1.807) is 6.08 Å². The van der Waals surface area contributed by atoms with Gasteiger partial charge in [-0.3, -0.25) is 4.79 Å². The van der Waals surface area contributed by atoms with Gasteiger partial charge in [0.15, 0.2) is 5.76 Å². The number of phenols is 2. The third-order valence-corrected chi connectivity index (χ3v) is 3.62. The molecule has 1 unspecified atom stereocenters. The Kier molecular flexibility index (Phi) is 3.49. The van der Waals surface area contributed by atoms with Crippen LogP contribution in [0.5, 0.6) is 17.2 Å². The lowest BCUT2D eigenvalue weighted by molar-refractivity contribution is 0.129. The zero-order chi connectivity index (χ0) is 16.7. The number of allylic oxidation sites excluding steroid dienone is 2. The molecule has 2 aromatic rings. The maximum atomic E-state index is 12.3. The monoisotopic (exact) mass is 318 g/mol. The normalized spacial score (nSPS) is 17.7. The fraction of sp³-hybridized carbons (Fsp3) is 0.188. The van der Waals surface area contributed by atoms with Crippen molar-refractivity contribution < 1.29 is 29.6 Å². The fourth-order valence-corrected chi connectivity index (χ4v) is 2.49. The zero-order valence-corrected chi connectivity index (χ0v) is 12.1. The number of phenolic OH excluding ortho intramolecular Hbond substituents is 2. The van der Waals surface area contributed by atoms with Crippen molar-refractivity contribution in [3.63, 3.8) is 0 Å². The molecule has 0 spiro atoms. The van der Waals surface area contributed by atoms with Gasteiger partial charge < -0.3 is 29.6 Å². The highest BCUT2D eigenvalue weighted by atomic mass is 16.5. The third-order valence-electron chi connectivity index (χ3n) is 3.62. The third kappa shape index (κ3) is 2.40. The highest BCUT2D eigenvalue weighted by molar-refractivity contribution is 5.88. The summed E-state index contributed by atoms with van der Waals surface area (Å²) >= 11 is 0. The highest BCUT2D eigenvalue weighted by Crippen LogP contribution is 2.35. The van der Waals surface area contributed by atoms with Crippen molar-refractivity contribution in [2.45, 2.75) is 12.5 Å². The van der Waals surface area contributed by atoms with Crippen LogP contribution in [-0.2, 0) is 4.74 Å². The molecule has 1 atom stereocenters. The Balaban J connectivity index is 2.26. The van der Waals surface area contributed by atoms with Gasteiger partial charge in [0.05, 0.1) is 7.11 Å². The molecule has 0 aliphatic heterocycles. The Labute approximate surface area is 130 Å². The van der Waals surface area contributed by atoms with E-state index in [9.17, 15) is 25.2 Å². The Morgan fingerprint density at radius 2 is 2.00 bits per heavy atom. The molecule has 1 aliphatic rings. The predicted molar refractivity (Wildman–Crippen MR) is 81.2 cm³/mol. The van der Waals surface area contributed by atoms with Gasteiger partial charge in [0, 0.05) is 17.7 Å². The molecule has 1 heterocycles. The lowest BCUT2D eigenvalue weighted by Crippen LogP contribution is -2.14. The topological polar surface area (TPSA) is 120 Å². The quantitative estimate of drug-likeness (QED) is 0.663. The van der Waals surface area contributed by atoms with Gasteiger partial charge in [-0.2, -0.15) is 0 Å². The number of methoxy groups -OCH3 is 1.